The highest BCUT2D eigenvalue weighted by Gasteiger charge is 2.43. The monoisotopic (exact) mass is 699 g/mol. The van der Waals surface area contributed by atoms with Gasteiger partial charge in [0.1, 0.15) is 0 Å². The molecular weight excluding hydrogens is 634 g/mol. The zero-order valence-electron chi connectivity index (χ0n) is 33.3. The molecule has 0 fully saturated rings. The average molecular weight is 701 g/mol. The van der Waals surface area contributed by atoms with E-state index < -0.39 is 0 Å². The van der Waals surface area contributed by atoms with Crippen molar-refractivity contribution in [1.29, 1.82) is 0 Å². The quantitative estimate of drug-likeness (QED) is 0.143. The van der Waals surface area contributed by atoms with Crippen LogP contribution in [0.3, 0.4) is 0 Å². The van der Waals surface area contributed by atoms with Crippen molar-refractivity contribution in [1.82, 2.24) is 5.32 Å². The van der Waals surface area contributed by atoms with Crippen molar-refractivity contribution in [2.45, 2.75) is 107 Å². The summed E-state index contributed by atoms with van der Waals surface area (Å²) in [4.78, 5) is -0.216. The predicted molar refractivity (Wildman–Crippen MR) is 229 cm³/mol. The molecule has 1 aliphatic rings. The van der Waals surface area contributed by atoms with Crippen LogP contribution in [-0.2, 0) is 6.42 Å². The number of aryl methyl sites for hydroxylation is 4. The van der Waals surface area contributed by atoms with Gasteiger partial charge in [-0.15, -0.1) is 11.6 Å². The number of benzene rings is 3. The van der Waals surface area contributed by atoms with Gasteiger partial charge in [-0.2, -0.15) is 11.8 Å². The van der Waals surface area contributed by atoms with Gasteiger partial charge in [-0.3, -0.25) is 0 Å². The number of alkyl halides is 1. The summed E-state index contributed by atoms with van der Waals surface area (Å²) in [6, 6.07) is 21.9. The standard InChI is InChI=1S/C21H29Cl.C21H25N.C2H6S.C2H6/c1-6-9-19-20(4,5)18(14-15-21(19,22)8-3)17-12-10-16(7-2)11-13-17;1-14(2)18-9-7-8-10-19(18)21(22-6)13-20-16(4)11-15(3)12-17(20)5;1-3-2;1-2/h9-14H,6-8,15H2,1-5H3;7-13,22H,1H2,2-6H3;1-2H3;1-2H3/b19-9-;21-13-;;. The van der Waals surface area contributed by atoms with Crippen molar-refractivity contribution < 1.29 is 0 Å². The molecule has 0 aromatic heterocycles. The van der Waals surface area contributed by atoms with Crippen molar-refractivity contribution in [3.63, 3.8) is 0 Å². The maximum atomic E-state index is 6.98. The van der Waals surface area contributed by atoms with Crippen LogP contribution in [-0.4, -0.2) is 24.4 Å². The van der Waals surface area contributed by atoms with Crippen LogP contribution in [0.2, 0.25) is 0 Å². The Morgan fingerprint density at radius 3 is 1.90 bits per heavy atom. The Hall–Kier alpha value is -2.94. The van der Waals surface area contributed by atoms with E-state index in [0.29, 0.717) is 0 Å². The lowest BCUT2D eigenvalue weighted by atomic mass is 9.64. The second kappa shape index (κ2) is 21.3. The third kappa shape index (κ3) is 11.8. The fourth-order valence-corrected chi connectivity index (χ4v) is 7.04. The smallest absolute Gasteiger partial charge is 0.0695 e. The van der Waals surface area contributed by atoms with Crippen LogP contribution in [0.15, 0.2) is 85.0 Å². The summed E-state index contributed by atoms with van der Waals surface area (Å²) in [5.41, 5.74) is 15.3. The molecule has 1 N–H and O–H groups in total. The van der Waals surface area contributed by atoms with Gasteiger partial charge >= 0.3 is 0 Å². The first kappa shape index (κ1) is 44.1. The van der Waals surface area contributed by atoms with Gasteiger partial charge in [0.15, 0.2) is 0 Å². The lowest BCUT2D eigenvalue weighted by Crippen LogP contribution is -2.36. The second-order valence-corrected chi connectivity index (χ2v) is 14.7. The van der Waals surface area contributed by atoms with E-state index in [2.05, 4.69) is 153 Å². The van der Waals surface area contributed by atoms with E-state index in [9.17, 15) is 0 Å². The first-order valence-electron chi connectivity index (χ1n) is 18.1. The van der Waals surface area contributed by atoms with Gasteiger partial charge in [-0.05, 0) is 116 Å². The molecule has 3 aromatic rings. The maximum absolute atomic E-state index is 6.98. The van der Waals surface area contributed by atoms with Gasteiger partial charge in [0, 0.05) is 23.7 Å². The first-order chi connectivity index (χ1) is 23.2. The molecule has 1 nitrogen and oxygen atoms in total. The second-order valence-electron chi connectivity index (χ2n) is 13.2. The molecule has 0 spiro atoms. The minimum Gasteiger partial charge on any atom is -0.388 e. The van der Waals surface area contributed by atoms with Crippen LogP contribution in [0, 0.1) is 26.2 Å². The molecule has 3 aromatic carbocycles. The van der Waals surface area contributed by atoms with E-state index in [1.807, 2.05) is 33.4 Å². The highest BCUT2D eigenvalue weighted by molar-refractivity contribution is 7.97. The van der Waals surface area contributed by atoms with E-state index in [1.165, 1.54) is 55.7 Å². The molecule has 0 aliphatic heterocycles. The Balaban J connectivity index is 0.000000433. The van der Waals surface area contributed by atoms with Gasteiger partial charge < -0.3 is 5.32 Å². The number of hydrogen-bond donors (Lipinski definition) is 1. The van der Waals surface area contributed by atoms with Crippen LogP contribution in [0.5, 0.6) is 0 Å². The molecule has 4 rings (SSSR count). The predicted octanol–water partition coefficient (Wildman–Crippen LogP) is 14.2. The van der Waals surface area contributed by atoms with E-state index >= 15 is 0 Å². The Kier molecular flexibility index (Phi) is 19.2. The van der Waals surface area contributed by atoms with Crippen molar-refractivity contribution in [3.05, 3.63) is 129 Å². The van der Waals surface area contributed by atoms with Gasteiger partial charge in [0.25, 0.3) is 0 Å². The minimum absolute atomic E-state index is 0.0141. The van der Waals surface area contributed by atoms with Crippen molar-refractivity contribution in [3.8, 4) is 0 Å². The van der Waals surface area contributed by atoms with E-state index in [4.69, 9.17) is 11.6 Å². The van der Waals surface area contributed by atoms with Crippen LogP contribution < -0.4 is 5.32 Å². The number of thioether (sulfide) groups is 1. The summed E-state index contributed by atoms with van der Waals surface area (Å²) in [5, 5.41) is 3.35. The molecule has 268 valence electrons. The van der Waals surface area contributed by atoms with Gasteiger partial charge in [0.2, 0.25) is 0 Å². The molecule has 1 aliphatic carbocycles. The van der Waals surface area contributed by atoms with Crippen LogP contribution in [0.25, 0.3) is 22.9 Å². The number of allylic oxidation sites excluding steroid dienone is 5. The third-order valence-electron chi connectivity index (χ3n) is 9.07. The van der Waals surface area contributed by atoms with Gasteiger partial charge in [0.05, 0.1) is 4.87 Å². The Morgan fingerprint density at radius 1 is 0.918 bits per heavy atom. The number of hydrogen-bond acceptors (Lipinski definition) is 2. The van der Waals surface area contributed by atoms with E-state index in [-0.39, 0.29) is 10.3 Å². The number of halogens is 1. The van der Waals surface area contributed by atoms with Crippen LogP contribution >= 0.6 is 23.4 Å². The highest BCUT2D eigenvalue weighted by Crippen LogP contribution is 2.54. The molecule has 0 radical (unpaired) electrons. The van der Waals surface area contributed by atoms with E-state index in [1.54, 1.807) is 11.8 Å². The van der Waals surface area contributed by atoms with Gasteiger partial charge in [-0.1, -0.05) is 139 Å². The largest absolute Gasteiger partial charge is 0.388 e. The van der Waals surface area contributed by atoms with E-state index in [0.717, 1.165) is 37.0 Å². The first-order valence-corrected chi connectivity index (χ1v) is 20.1. The highest BCUT2D eigenvalue weighted by atomic mass is 35.5. The molecule has 0 amide bonds. The lowest BCUT2D eigenvalue weighted by Gasteiger charge is -2.44. The van der Waals surface area contributed by atoms with Crippen molar-refractivity contribution >= 4 is 46.3 Å². The molecule has 0 heterocycles. The summed E-state index contributed by atoms with van der Waals surface area (Å²) in [6.45, 7) is 27.9. The topological polar surface area (TPSA) is 12.0 Å². The normalized spacial score (nSPS) is 17.3. The molecule has 1 unspecified atom stereocenters. The fraction of sp³-hybridized carbons (Fsp3) is 0.435. The molecule has 0 bridgehead atoms. The zero-order chi connectivity index (χ0) is 37.4. The summed E-state index contributed by atoms with van der Waals surface area (Å²) in [5.74, 6) is 0. The summed E-state index contributed by atoms with van der Waals surface area (Å²) >= 11 is 8.73. The molecule has 1 atom stereocenters. The Bertz CT molecular complexity index is 1550. The zero-order valence-corrected chi connectivity index (χ0v) is 34.9. The summed E-state index contributed by atoms with van der Waals surface area (Å²) in [7, 11) is 1.97. The summed E-state index contributed by atoms with van der Waals surface area (Å²) in [6.07, 6.45) is 15.1. The van der Waals surface area contributed by atoms with Crippen molar-refractivity contribution in [2.75, 3.05) is 19.6 Å². The van der Waals surface area contributed by atoms with Crippen LogP contribution in [0.1, 0.15) is 119 Å². The molecule has 0 saturated carbocycles. The average Bonchev–Trinajstić information content (AvgIpc) is 3.08. The lowest BCUT2D eigenvalue weighted by molar-refractivity contribution is 0.470. The van der Waals surface area contributed by atoms with Crippen LogP contribution in [0.4, 0.5) is 0 Å². The molecule has 0 saturated heterocycles. The van der Waals surface area contributed by atoms with Crippen molar-refractivity contribution in [2.24, 2.45) is 5.41 Å². The number of rotatable bonds is 8. The Morgan fingerprint density at radius 2 is 1.45 bits per heavy atom. The molecule has 49 heavy (non-hydrogen) atoms. The fourth-order valence-electron chi connectivity index (χ4n) is 6.65. The van der Waals surface area contributed by atoms with Gasteiger partial charge in [-0.25, -0.2) is 0 Å². The number of nitrogens with one attached hydrogen (secondary N) is 1. The minimum atomic E-state index is -0.216. The third-order valence-corrected chi connectivity index (χ3v) is 9.70. The molecule has 3 heteroatoms. The Labute approximate surface area is 311 Å². The maximum Gasteiger partial charge on any atom is 0.0695 e. The SMILES string of the molecule is C=C(C)c1ccccc1/C(=C/c1c(C)cc(C)cc1C)NC.CC.CC/C=C1\C(Cl)(CC)CC=C(c2ccc(CC)cc2)C1(C)C.CSC. The summed E-state index contributed by atoms with van der Waals surface area (Å²) < 4.78 is 0. The molecular formula is C46H66ClNS.